The van der Waals surface area contributed by atoms with Crippen molar-refractivity contribution in [2.75, 3.05) is 30.5 Å². The van der Waals surface area contributed by atoms with E-state index in [1.54, 1.807) is 7.11 Å². The molecule has 2 amide bonds. The first kappa shape index (κ1) is 36.3. The number of benzene rings is 3. The fourth-order valence-corrected chi connectivity index (χ4v) is 7.45. The van der Waals surface area contributed by atoms with E-state index in [2.05, 4.69) is 41.5 Å². The average Bonchev–Trinajstić information content (AvgIpc) is 3.48. The van der Waals surface area contributed by atoms with Crippen LogP contribution in [0.25, 0.3) is 0 Å². The quantitative estimate of drug-likeness (QED) is 0.209. The highest BCUT2D eigenvalue weighted by Gasteiger charge is 2.36. The Hall–Kier alpha value is -3.95. The van der Waals surface area contributed by atoms with Crippen molar-refractivity contribution in [2.24, 2.45) is 5.92 Å². The number of carbonyl (C=O) groups is 2. The minimum atomic E-state index is -1.05. The summed E-state index contributed by atoms with van der Waals surface area (Å²) in [5, 5.41) is 20.3. The van der Waals surface area contributed by atoms with Gasteiger partial charge in [-0.25, -0.2) is 4.79 Å². The molecule has 0 aromatic heterocycles. The standard InChI is InChI=1S/C33H39ClN2O3.C6H11NO3/c1-22(2)39-31-20-29-25(18-30(31)38-4)19-32(37)36(33(29)24-10-12-26(34)13-11-24)28-16-14-27(15-17-28)35(3)21-23-8-6-5-7-9-23;8-5-3-1-2-4(5)7-6(9)10/h10-18,20,22-23,33H,5-9,19,21H2,1-4H3;4-5,7-8H,1-3H2,(H,9,10)/t33-;4-,5+/m01/s1. The molecule has 3 aliphatic rings. The van der Waals surface area contributed by atoms with Gasteiger partial charge in [-0.3, -0.25) is 4.79 Å². The van der Waals surface area contributed by atoms with E-state index < -0.39 is 12.2 Å². The number of rotatable bonds is 9. The lowest BCUT2D eigenvalue weighted by atomic mass is 9.86. The van der Waals surface area contributed by atoms with Crippen LogP contribution in [0.1, 0.15) is 87.9 Å². The van der Waals surface area contributed by atoms with Crippen molar-refractivity contribution in [1.29, 1.82) is 0 Å². The van der Waals surface area contributed by atoms with Gasteiger partial charge in [-0.1, -0.05) is 43.0 Å². The molecule has 2 aliphatic carbocycles. The molecule has 3 aromatic rings. The maximum atomic E-state index is 13.8. The number of methoxy groups -OCH3 is 1. The van der Waals surface area contributed by atoms with E-state index in [0.717, 1.165) is 47.7 Å². The van der Waals surface area contributed by atoms with Crippen molar-refractivity contribution in [3.8, 4) is 11.5 Å². The highest BCUT2D eigenvalue weighted by Crippen LogP contribution is 2.44. The van der Waals surface area contributed by atoms with Crippen molar-refractivity contribution < 1.29 is 29.3 Å². The number of hydrogen-bond acceptors (Lipinski definition) is 6. The molecule has 3 atom stereocenters. The third-order valence-corrected chi connectivity index (χ3v) is 10.0. The minimum absolute atomic E-state index is 0.00889. The molecule has 2 saturated carbocycles. The lowest BCUT2D eigenvalue weighted by Gasteiger charge is -2.38. The largest absolute Gasteiger partial charge is 0.493 e. The zero-order chi connectivity index (χ0) is 35.1. The lowest BCUT2D eigenvalue weighted by Crippen LogP contribution is -2.41. The first-order valence-electron chi connectivity index (χ1n) is 17.5. The number of halogens is 1. The van der Waals surface area contributed by atoms with Crippen LogP contribution in [0, 0.1) is 5.92 Å². The number of aliphatic hydroxyl groups excluding tert-OH is 1. The van der Waals surface area contributed by atoms with Gasteiger partial charge in [0.1, 0.15) is 0 Å². The highest BCUT2D eigenvalue weighted by atomic mass is 35.5. The van der Waals surface area contributed by atoms with E-state index in [4.69, 9.17) is 31.3 Å². The predicted octanol–water partition coefficient (Wildman–Crippen LogP) is 8.00. The van der Waals surface area contributed by atoms with Crippen molar-refractivity contribution in [1.82, 2.24) is 5.32 Å². The number of carboxylic acid groups (broad SMARTS) is 1. The van der Waals surface area contributed by atoms with E-state index in [0.29, 0.717) is 29.4 Å². The molecule has 3 N–H and O–H groups in total. The molecule has 1 heterocycles. The van der Waals surface area contributed by atoms with Gasteiger partial charge in [0, 0.05) is 30.0 Å². The molecule has 1 aliphatic heterocycles. The van der Waals surface area contributed by atoms with Crippen molar-refractivity contribution in [2.45, 2.75) is 95.9 Å². The molecular formula is C39H50ClN3O6. The monoisotopic (exact) mass is 691 g/mol. The number of nitrogens with zero attached hydrogens (tertiary/aromatic N) is 2. The Kier molecular flexibility index (Phi) is 12.3. The molecule has 0 radical (unpaired) electrons. The Labute approximate surface area is 295 Å². The van der Waals surface area contributed by atoms with Crippen molar-refractivity contribution >= 4 is 35.0 Å². The summed E-state index contributed by atoms with van der Waals surface area (Å²) in [6.45, 7) is 5.07. The van der Waals surface area contributed by atoms with Gasteiger partial charge in [0.15, 0.2) is 11.5 Å². The molecule has 9 nitrogen and oxygen atoms in total. The van der Waals surface area contributed by atoms with Crippen LogP contribution in [-0.2, 0) is 11.2 Å². The first-order chi connectivity index (χ1) is 23.5. The van der Waals surface area contributed by atoms with Gasteiger partial charge in [-0.2, -0.15) is 0 Å². The van der Waals surface area contributed by atoms with Crippen LogP contribution < -0.4 is 24.6 Å². The Bertz CT molecular complexity index is 1560. The zero-order valence-electron chi connectivity index (χ0n) is 29.0. The van der Waals surface area contributed by atoms with E-state index >= 15 is 0 Å². The molecule has 6 rings (SSSR count). The number of aliphatic hydroxyl groups is 1. The number of hydrogen-bond donors (Lipinski definition) is 3. The van der Waals surface area contributed by atoms with Crippen LogP contribution in [0.3, 0.4) is 0 Å². The summed E-state index contributed by atoms with van der Waals surface area (Å²) < 4.78 is 11.8. The molecule has 0 saturated heterocycles. The second-order valence-electron chi connectivity index (χ2n) is 13.7. The number of amides is 2. The number of nitrogens with one attached hydrogen (secondary N) is 1. The van der Waals surface area contributed by atoms with E-state index in [9.17, 15) is 9.59 Å². The van der Waals surface area contributed by atoms with Crippen LogP contribution in [0.5, 0.6) is 11.5 Å². The molecule has 0 bridgehead atoms. The molecule has 3 aromatic carbocycles. The number of anilines is 2. The lowest BCUT2D eigenvalue weighted by molar-refractivity contribution is -0.118. The van der Waals surface area contributed by atoms with Crippen LogP contribution in [0.2, 0.25) is 5.02 Å². The van der Waals surface area contributed by atoms with Gasteiger partial charge in [-0.15, -0.1) is 0 Å². The van der Waals surface area contributed by atoms with Gasteiger partial charge in [0.2, 0.25) is 5.91 Å². The summed E-state index contributed by atoms with van der Waals surface area (Å²) in [6, 6.07) is 19.6. The van der Waals surface area contributed by atoms with Crippen LogP contribution in [-0.4, -0.2) is 61.2 Å². The van der Waals surface area contributed by atoms with Gasteiger partial charge in [0.25, 0.3) is 0 Å². The Morgan fingerprint density at radius 1 is 0.980 bits per heavy atom. The normalized spacial score (nSPS) is 20.7. The molecule has 0 unspecified atom stereocenters. The number of ether oxygens (including phenoxy) is 2. The maximum Gasteiger partial charge on any atom is 0.404 e. The van der Waals surface area contributed by atoms with E-state index in [1.807, 2.05) is 55.1 Å². The smallest absolute Gasteiger partial charge is 0.404 e. The number of carbonyl (C=O) groups excluding carboxylic acids is 1. The summed E-state index contributed by atoms with van der Waals surface area (Å²) in [7, 11) is 3.81. The van der Waals surface area contributed by atoms with Crippen LogP contribution >= 0.6 is 11.6 Å². The predicted molar refractivity (Wildman–Crippen MR) is 194 cm³/mol. The second-order valence-corrected chi connectivity index (χ2v) is 14.2. The zero-order valence-corrected chi connectivity index (χ0v) is 29.8. The maximum absolute atomic E-state index is 13.8. The summed E-state index contributed by atoms with van der Waals surface area (Å²) >= 11 is 6.25. The molecular weight excluding hydrogens is 642 g/mol. The molecule has 10 heteroatoms. The Morgan fingerprint density at radius 2 is 1.67 bits per heavy atom. The topological polar surface area (TPSA) is 112 Å². The van der Waals surface area contributed by atoms with Gasteiger partial charge >= 0.3 is 6.09 Å². The summed E-state index contributed by atoms with van der Waals surface area (Å²) in [4.78, 5) is 28.1. The fraction of sp³-hybridized carbons (Fsp3) is 0.487. The average molecular weight is 692 g/mol. The van der Waals surface area contributed by atoms with E-state index in [1.165, 1.54) is 37.8 Å². The third kappa shape index (κ3) is 9.19. The van der Waals surface area contributed by atoms with Crippen molar-refractivity contribution in [3.05, 3.63) is 82.4 Å². The molecule has 49 heavy (non-hydrogen) atoms. The SMILES string of the molecule is COc1cc2c(cc1OC(C)C)[C@H](c1ccc(Cl)cc1)N(c1ccc(N(C)CC3CCCCC3)cc1)C(=O)C2.O=C(O)N[C@@H]1CCC[C@@H]1O. The second kappa shape index (κ2) is 16.6. The molecule has 264 valence electrons. The van der Waals surface area contributed by atoms with Gasteiger partial charge in [-0.05, 0) is 117 Å². The van der Waals surface area contributed by atoms with Gasteiger partial charge in [0.05, 0.1) is 37.8 Å². The van der Waals surface area contributed by atoms with Crippen LogP contribution in [0.15, 0.2) is 60.7 Å². The van der Waals surface area contributed by atoms with Crippen LogP contribution in [0.4, 0.5) is 16.2 Å². The molecule has 0 spiro atoms. The summed E-state index contributed by atoms with van der Waals surface area (Å²) in [6.07, 6.45) is 7.84. The van der Waals surface area contributed by atoms with E-state index in [-0.39, 0.29) is 24.1 Å². The summed E-state index contributed by atoms with van der Waals surface area (Å²) in [5.74, 6) is 2.13. The highest BCUT2D eigenvalue weighted by molar-refractivity contribution is 6.30. The third-order valence-electron chi connectivity index (χ3n) is 9.75. The first-order valence-corrected chi connectivity index (χ1v) is 17.9. The molecule has 2 fully saturated rings. The minimum Gasteiger partial charge on any atom is -0.493 e. The Morgan fingerprint density at radius 3 is 2.27 bits per heavy atom. The fourth-order valence-electron chi connectivity index (χ4n) is 7.33. The van der Waals surface area contributed by atoms with Crippen molar-refractivity contribution in [3.63, 3.8) is 0 Å². The number of fused-ring (bicyclic) bond motifs is 1. The Balaban J connectivity index is 0.000000402. The van der Waals surface area contributed by atoms with Gasteiger partial charge < -0.3 is 34.8 Å². The summed E-state index contributed by atoms with van der Waals surface area (Å²) in [5.41, 5.74) is 5.03.